The minimum atomic E-state index is -3.88. The minimum absolute atomic E-state index is 0.167. The van der Waals surface area contributed by atoms with E-state index in [1.54, 1.807) is 25.5 Å². The molecule has 2 N–H and O–H groups in total. The first-order valence-electron chi connectivity index (χ1n) is 5.03. The molecule has 1 heterocycles. The molecule has 0 aliphatic heterocycles. The average Bonchev–Trinajstić information content (AvgIpc) is 2.56. The number of carboxylic acid groups (broad SMARTS) is 1. The smallest absolute Gasteiger partial charge is 0.321 e. The molecule has 0 unspecified atom stereocenters. The lowest BCUT2D eigenvalue weighted by Crippen LogP contribution is -2.40. The summed E-state index contributed by atoms with van der Waals surface area (Å²) < 4.78 is 27.3. The van der Waals surface area contributed by atoms with Crippen LogP contribution in [-0.4, -0.2) is 35.1 Å². The molecule has 0 amide bonds. The van der Waals surface area contributed by atoms with Crippen LogP contribution in [-0.2, 0) is 21.9 Å². The number of sulfonamides is 1. The van der Waals surface area contributed by atoms with E-state index in [0.29, 0.717) is 5.82 Å². The van der Waals surface area contributed by atoms with Crippen LogP contribution in [0, 0.1) is 6.92 Å². The third-order valence-electron chi connectivity index (χ3n) is 2.37. The van der Waals surface area contributed by atoms with Gasteiger partial charge in [0, 0.05) is 13.2 Å². The van der Waals surface area contributed by atoms with Gasteiger partial charge in [-0.05, 0) is 13.3 Å². The van der Waals surface area contributed by atoms with Crippen LogP contribution in [0.25, 0.3) is 0 Å². The van der Waals surface area contributed by atoms with E-state index in [-0.39, 0.29) is 11.4 Å². The highest BCUT2D eigenvalue weighted by atomic mass is 32.2. The summed E-state index contributed by atoms with van der Waals surface area (Å²) in [5.74, 6) is -0.669. The Labute approximate surface area is 99.5 Å². The van der Waals surface area contributed by atoms with Gasteiger partial charge in [-0.3, -0.25) is 4.79 Å². The number of aryl methyl sites for hydroxylation is 2. The van der Waals surface area contributed by atoms with Crippen molar-refractivity contribution in [2.24, 2.45) is 7.05 Å². The number of nitrogens with zero attached hydrogens (tertiary/aromatic N) is 2. The molecule has 7 nitrogen and oxygen atoms in total. The Balaban J connectivity index is 3.00. The number of nitrogens with one attached hydrogen (secondary N) is 1. The fourth-order valence-corrected chi connectivity index (χ4v) is 2.52. The van der Waals surface area contributed by atoms with Crippen LogP contribution in [0.5, 0.6) is 0 Å². The van der Waals surface area contributed by atoms with Crippen molar-refractivity contribution in [1.82, 2.24) is 14.3 Å². The van der Waals surface area contributed by atoms with Crippen LogP contribution in [0.3, 0.4) is 0 Å². The molecule has 8 heteroatoms. The molecule has 1 aromatic rings. The van der Waals surface area contributed by atoms with Crippen LogP contribution in [0.2, 0.25) is 0 Å². The third kappa shape index (κ3) is 3.04. The van der Waals surface area contributed by atoms with E-state index in [9.17, 15) is 13.2 Å². The van der Waals surface area contributed by atoms with Crippen molar-refractivity contribution in [2.45, 2.75) is 31.3 Å². The maximum absolute atomic E-state index is 11.8. The molecular weight excluding hydrogens is 246 g/mol. The van der Waals surface area contributed by atoms with Gasteiger partial charge in [-0.2, -0.15) is 4.72 Å². The molecule has 17 heavy (non-hydrogen) atoms. The summed E-state index contributed by atoms with van der Waals surface area (Å²) in [5, 5.41) is 8.62. The molecule has 0 saturated heterocycles. The number of carbonyl (C=O) groups is 1. The summed E-state index contributed by atoms with van der Waals surface area (Å²) in [6.45, 7) is 3.25. The van der Waals surface area contributed by atoms with Crippen LogP contribution in [0.15, 0.2) is 11.2 Å². The molecule has 0 bridgehead atoms. The van der Waals surface area contributed by atoms with Crippen molar-refractivity contribution in [2.75, 3.05) is 0 Å². The van der Waals surface area contributed by atoms with Crippen molar-refractivity contribution in [3.05, 3.63) is 12.0 Å². The maximum Gasteiger partial charge on any atom is 0.321 e. The van der Waals surface area contributed by atoms with Gasteiger partial charge in [0.1, 0.15) is 11.9 Å². The molecule has 0 radical (unpaired) electrons. The number of imidazole rings is 1. The zero-order valence-corrected chi connectivity index (χ0v) is 10.7. The zero-order valence-electron chi connectivity index (χ0n) is 9.84. The van der Waals surface area contributed by atoms with E-state index in [2.05, 4.69) is 9.71 Å². The lowest BCUT2D eigenvalue weighted by molar-refractivity contribution is -0.139. The van der Waals surface area contributed by atoms with Crippen molar-refractivity contribution < 1.29 is 18.3 Å². The highest BCUT2D eigenvalue weighted by molar-refractivity contribution is 7.89. The summed E-state index contributed by atoms with van der Waals surface area (Å²) in [6, 6.07) is -1.14. The van der Waals surface area contributed by atoms with Gasteiger partial charge in [0.05, 0.1) is 0 Å². The quantitative estimate of drug-likeness (QED) is 0.768. The average molecular weight is 261 g/mol. The number of aromatic nitrogens is 2. The molecule has 0 spiro atoms. The second-order valence-electron chi connectivity index (χ2n) is 3.66. The lowest BCUT2D eigenvalue weighted by Gasteiger charge is -2.10. The van der Waals surface area contributed by atoms with Gasteiger partial charge in [-0.1, -0.05) is 6.92 Å². The predicted molar refractivity (Wildman–Crippen MR) is 60.0 cm³/mol. The van der Waals surface area contributed by atoms with E-state index in [1.165, 1.54) is 6.20 Å². The highest BCUT2D eigenvalue weighted by Gasteiger charge is 2.25. The van der Waals surface area contributed by atoms with Gasteiger partial charge in [0.25, 0.3) is 10.0 Å². The van der Waals surface area contributed by atoms with Gasteiger partial charge in [0.15, 0.2) is 5.03 Å². The van der Waals surface area contributed by atoms with Crippen molar-refractivity contribution in [3.63, 3.8) is 0 Å². The van der Waals surface area contributed by atoms with E-state index < -0.39 is 22.0 Å². The fourth-order valence-electron chi connectivity index (χ4n) is 1.21. The number of carboxylic acids is 1. The zero-order chi connectivity index (χ0) is 13.2. The Kier molecular flexibility index (Phi) is 3.89. The Bertz CT molecular complexity index is 501. The molecule has 1 rings (SSSR count). The minimum Gasteiger partial charge on any atom is -0.480 e. The van der Waals surface area contributed by atoms with Crippen LogP contribution >= 0.6 is 0 Å². The lowest BCUT2D eigenvalue weighted by atomic mass is 10.2. The molecule has 1 atom stereocenters. The third-order valence-corrected chi connectivity index (χ3v) is 3.71. The van der Waals surface area contributed by atoms with Gasteiger partial charge < -0.3 is 9.67 Å². The Hall–Kier alpha value is -1.41. The number of hydrogen-bond donors (Lipinski definition) is 2. The first-order chi connectivity index (χ1) is 7.77. The molecular formula is C9H15N3O4S. The van der Waals surface area contributed by atoms with Crippen molar-refractivity contribution >= 4 is 16.0 Å². The SMILES string of the molecule is CC[C@H](NS(=O)(=O)c1cn(C)c(C)n1)C(=O)O. The summed E-state index contributed by atoms with van der Waals surface area (Å²) in [6.07, 6.45) is 1.51. The summed E-state index contributed by atoms with van der Waals surface area (Å²) in [5.41, 5.74) is 0. The molecule has 1 aromatic heterocycles. The molecule has 0 aromatic carbocycles. The normalized spacial score (nSPS) is 13.6. The van der Waals surface area contributed by atoms with Gasteiger partial charge in [0.2, 0.25) is 0 Å². The van der Waals surface area contributed by atoms with Crippen LogP contribution < -0.4 is 4.72 Å². The first kappa shape index (κ1) is 13.7. The van der Waals surface area contributed by atoms with Crippen LogP contribution in [0.1, 0.15) is 19.2 Å². The van der Waals surface area contributed by atoms with Crippen molar-refractivity contribution in [3.8, 4) is 0 Å². The number of aliphatic carboxylic acids is 1. The van der Waals surface area contributed by atoms with E-state index in [1.807, 2.05) is 0 Å². The van der Waals surface area contributed by atoms with Gasteiger partial charge in [-0.25, -0.2) is 13.4 Å². The largest absolute Gasteiger partial charge is 0.480 e. The summed E-state index contributed by atoms with van der Waals surface area (Å²) in [4.78, 5) is 14.6. The molecule has 96 valence electrons. The Morgan fingerprint density at radius 1 is 1.65 bits per heavy atom. The molecule has 0 fully saturated rings. The molecule has 0 aliphatic rings. The predicted octanol–water partition coefficient (Wildman–Crippen LogP) is -0.130. The van der Waals surface area contributed by atoms with Crippen molar-refractivity contribution in [1.29, 1.82) is 0 Å². The second kappa shape index (κ2) is 4.84. The maximum atomic E-state index is 11.8. The Morgan fingerprint density at radius 2 is 2.24 bits per heavy atom. The van der Waals surface area contributed by atoms with E-state index in [0.717, 1.165) is 0 Å². The second-order valence-corrected chi connectivity index (χ2v) is 5.32. The summed E-state index contributed by atoms with van der Waals surface area (Å²) >= 11 is 0. The van der Waals surface area contributed by atoms with Crippen LogP contribution in [0.4, 0.5) is 0 Å². The first-order valence-corrected chi connectivity index (χ1v) is 6.51. The van der Waals surface area contributed by atoms with E-state index in [4.69, 9.17) is 5.11 Å². The highest BCUT2D eigenvalue weighted by Crippen LogP contribution is 2.09. The summed E-state index contributed by atoms with van der Waals surface area (Å²) in [7, 11) is -2.22. The van der Waals surface area contributed by atoms with E-state index >= 15 is 0 Å². The number of hydrogen-bond acceptors (Lipinski definition) is 4. The fraction of sp³-hybridized carbons (Fsp3) is 0.556. The van der Waals surface area contributed by atoms with Gasteiger partial charge >= 0.3 is 5.97 Å². The van der Waals surface area contributed by atoms with Gasteiger partial charge in [-0.15, -0.1) is 0 Å². The topological polar surface area (TPSA) is 101 Å². The molecule has 0 aliphatic carbocycles. The number of rotatable bonds is 5. The standard InChI is InChI=1S/C9H15N3O4S/c1-4-7(9(13)14)11-17(15,16)8-5-12(3)6(2)10-8/h5,7,11H,4H2,1-3H3,(H,13,14)/t7-/m0/s1. The molecule has 0 saturated carbocycles. The Morgan fingerprint density at radius 3 is 2.59 bits per heavy atom. The monoisotopic (exact) mass is 261 g/mol.